The van der Waals surface area contributed by atoms with Crippen molar-refractivity contribution < 1.29 is 0 Å². The Hall–Kier alpha value is -1.30. The lowest BCUT2D eigenvalue weighted by atomic mass is 10.2. The number of nitrogens with zero attached hydrogens (tertiary/aromatic N) is 1. The van der Waals surface area contributed by atoms with Crippen molar-refractivity contribution in [1.29, 1.82) is 0 Å². The van der Waals surface area contributed by atoms with Gasteiger partial charge in [-0.15, -0.1) is 12.3 Å². The zero-order valence-corrected chi connectivity index (χ0v) is 10.7. The first-order valence-electron chi connectivity index (χ1n) is 6.19. The van der Waals surface area contributed by atoms with Crippen LogP contribution in [0.3, 0.4) is 0 Å². The zero-order valence-electron chi connectivity index (χ0n) is 10.7. The summed E-state index contributed by atoms with van der Waals surface area (Å²) in [5.41, 5.74) is 1.37. The predicted octanol–water partition coefficient (Wildman–Crippen LogP) is 2.12. The van der Waals surface area contributed by atoms with Gasteiger partial charge in [-0.3, -0.25) is 0 Å². The molecule has 0 fully saturated rings. The van der Waals surface area contributed by atoms with Crippen LogP contribution in [0.2, 0.25) is 0 Å². The summed E-state index contributed by atoms with van der Waals surface area (Å²) in [7, 11) is 2.16. The van der Waals surface area contributed by atoms with E-state index in [1.807, 2.05) is 0 Å². The summed E-state index contributed by atoms with van der Waals surface area (Å²) in [5.74, 6) is 2.63. The van der Waals surface area contributed by atoms with E-state index in [0.29, 0.717) is 0 Å². The summed E-state index contributed by atoms with van der Waals surface area (Å²) in [6.07, 6.45) is 7.16. The summed E-state index contributed by atoms with van der Waals surface area (Å²) in [5, 5.41) is 3.34. The smallest absolute Gasteiger partial charge is 0.0230 e. The van der Waals surface area contributed by atoms with Crippen LogP contribution >= 0.6 is 0 Å². The van der Waals surface area contributed by atoms with Crippen LogP contribution in [0.1, 0.15) is 18.4 Å². The quantitative estimate of drug-likeness (QED) is 0.543. The van der Waals surface area contributed by atoms with Crippen LogP contribution < -0.4 is 5.32 Å². The molecule has 0 aromatic heterocycles. The Bertz CT molecular complexity index is 327. The van der Waals surface area contributed by atoms with Crippen molar-refractivity contribution in [3.63, 3.8) is 0 Å². The molecule has 0 aliphatic heterocycles. The molecule has 0 aliphatic rings. The van der Waals surface area contributed by atoms with E-state index in [1.54, 1.807) is 0 Å². The molecule has 0 saturated heterocycles. The summed E-state index contributed by atoms with van der Waals surface area (Å²) < 4.78 is 0. The first-order chi connectivity index (χ1) is 8.33. The number of rotatable bonds is 8. The Kier molecular flexibility index (Phi) is 7.13. The summed E-state index contributed by atoms with van der Waals surface area (Å²) in [4.78, 5) is 2.35. The molecular formula is C15H22N2. The van der Waals surface area contributed by atoms with Gasteiger partial charge in [0, 0.05) is 19.5 Å². The summed E-state index contributed by atoms with van der Waals surface area (Å²) in [6, 6.07) is 10.6. The van der Waals surface area contributed by atoms with Gasteiger partial charge < -0.3 is 10.2 Å². The molecule has 2 nitrogen and oxygen atoms in total. The van der Waals surface area contributed by atoms with Crippen LogP contribution in [-0.2, 0) is 6.54 Å². The number of nitrogens with one attached hydrogen (secondary N) is 1. The molecule has 0 saturated carbocycles. The van der Waals surface area contributed by atoms with E-state index >= 15 is 0 Å². The van der Waals surface area contributed by atoms with Gasteiger partial charge in [-0.05, 0) is 32.1 Å². The lowest BCUT2D eigenvalue weighted by Crippen LogP contribution is -2.24. The molecule has 0 aliphatic carbocycles. The maximum atomic E-state index is 5.18. The molecule has 1 aromatic rings. The molecule has 0 atom stereocenters. The lowest BCUT2D eigenvalue weighted by Gasteiger charge is -2.16. The van der Waals surface area contributed by atoms with Gasteiger partial charge in [0.2, 0.25) is 0 Å². The van der Waals surface area contributed by atoms with E-state index in [1.165, 1.54) is 5.56 Å². The monoisotopic (exact) mass is 230 g/mol. The number of terminal acetylenes is 1. The van der Waals surface area contributed by atoms with Crippen molar-refractivity contribution in [2.24, 2.45) is 0 Å². The molecule has 17 heavy (non-hydrogen) atoms. The van der Waals surface area contributed by atoms with Gasteiger partial charge in [0.05, 0.1) is 0 Å². The van der Waals surface area contributed by atoms with Gasteiger partial charge in [-0.2, -0.15) is 0 Å². The number of hydrogen-bond acceptors (Lipinski definition) is 2. The van der Waals surface area contributed by atoms with E-state index in [0.717, 1.165) is 39.0 Å². The molecule has 0 amide bonds. The van der Waals surface area contributed by atoms with Crippen LogP contribution in [0.25, 0.3) is 0 Å². The number of benzene rings is 1. The Labute approximate surface area is 105 Å². The normalized spacial score (nSPS) is 10.4. The molecule has 0 unspecified atom stereocenters. The van der Waals surface area contributed by atoms with Crippen molar-refractivity contribution in [2.75, 3.05) is 26.7 Å². The minimum atomic E-state index is 0.819. The van der Waals surface area contributed by atoms with Gasteiger partial charge in [-0.25, -0.2) is 0 Å². The Balaban J connectivity index is 2.06. The van der Waals surface area contributed by atoms with Crippen LogP contribution in [0, 0.1) is 12.3 Å². The fourth-order valence-electron chi connectivity index (χ4n) is 1.73. The van der Waals surface area contributed by atoms with Crippen molar-refractivity contribution in [3.05, 3.63) is 35.9 Å². The zero-order chi connectivity index (χ0) is 12.3. The van der Waals surface area contributed by atoms with Gasteiger partial charge in [0.15, 0.2) is 0 Å². The average molecular weight is 230 g/mol. The first-order valence-corrected chi connectivity index (χ1v) is 6.19. The maximum Gasteiger partial charge on any atom is 0.0230 e. The number of hydrogen-bond donors (Lipinski definition) is 1. The molecule has 0 radical (unpaired) electrons. The van der Waals surface area contributed by atoms with Gasteiger partial charge in [-0.1, -0.05) is 30.3 Å². The summed E-state index contributed by atoms with van der Waals surface area (Å²) in [6.45, 7) is 4.10. The third kappa shape index (κ3) is 6.78. The van der Waals surface area contributed by atoms with Gasteiger partial charge in [0.1, 0.15) is 0 Å². The van der Waals surface area contributed by atoms with Gasteiger partial charge in [0.25, 0.3) is 0 Å². The highest BCUT2D eigenvalue weighted by Gasteiger charge is 1.99. The Morgan fingerprint density at radius 2 is 2.00 bits per heavy atom. The molecule has 0 bridgehead atoms. The molecule has 2 heteroatoms. The van der Waals surface area contributed by atoms with Crippen molar-refractivity contribution in [3.8, 4) is 12.3 Å². The highest BCUT2D eigenvalue weighted by Crippen LogP contribution is 2.02. The average Bonchev–Trinajstić information content (AvgIpc) is 2.35. The third-order valence-corrected chi connectivity index (χ3v) is 2.63. The molecule has 1 aromatic carbocycles. The second-order valence-electron chi connectivity index (χ2n) is 4.28. The van der Waals surface area contributed by atoms with E-state index < -0.39 is 0 Å². The third-order valence-electron chi connectivity index (χ3n) is 2.63. The standard InChI is InChI=1S/C15H22N2/c1-3-4-11-16-12-8-13-17(2)14-15-9-6-5-7-10-15/h1,5-7,9-10,16H,4,8,11-14H2,2H3. The first kappa shape index (κ1) is 13.8. The minimum Gasteiger partial charge on any atom is -0.316 e. The summed E-state index contributed by atoms with van der Waals surface area (Å²) >= 11 is 0. The lowest BCUT2D eigenvalue weighted by molar-refractivity contribution is 0.320. The Morgan fingerprint density at radius 3 is 2.71 bits per heavy atom. The topological polar surface area (TPSA) is 15.3 Å². The SMILES string of the molecule is C#CCCNCCCN(C)Cc1ccccc1. The highest BCUT2D eigenvalue weighted by atomic mass is 15.1. The van der Waals surface area contributed by atoms with Crippen molar-refractivity contribution >= 4 is 0 Å². The fraction of sp³-hybridized carbons (Fsp3) is 0.467. The van der Waals surface area contributed by atoms with E-state index in [9.17, 15) is 0 Å². The molecule has 1 N–H and O–H groups in total. The van der Waals surface area contributed by atoms with Gasteiger partial charge >= 0.3 is 0 Å². The van der Waals surface area contributed by atoms with Crippen LogP contribution in [0.5, 0.6) is 0 Å². The second kappa shape index (κ2) is 8.81. The van der Waals surface area contributed by atoms with Crippen LogP contribution in [-0.4, -0.2) is 31.6 Å². The molecule has 1 rings (SSSR count). The Morgan fingerprint density at radius 1 is 1.24 bits per heavy atom. The molecule has 0 heterocycles. The largest absolute Gasteiger partial charge is 0.316 e. The maximum absolute atomic E-state index is 5.18. The molecular weight excluding hydrogens is 208 g/mol. The van der Waals surface area contributed by atoms with Crippen LogP contribution in [0.4, 0.5) is 0 Å². The van der Waals surface area contributed by atoms with E-state index in [2.05, 4.69) is 53.5 Å². The van der Waals surface area contributed by atoms with Crippen LogP contribution in [0.15, 0.2) is 30.3 Å². The second-order valence-corrected chi connectivity index (χ2v) is 4.28. The van der Waals surface area contributed by atoms with E-state index in [4.69, 9.17) is 6.42 Å². The van der Waals surface area contributed by atoms with Crippen molar-refractivity contribution in [2.45, 2.75) is 19.4 Å². The minimum absolute atomic E-state index is 0.819. The molecule has 92 valence electrons. The fourth-order valence-corrected chi connectivity index (χ4v) is 1.73. The van der Waals surface area contributed by atoms with Crippen molar-refractivity contribution in [1.82, 2.24) is 10.2 Å². The predicted molar refractivity (Wildman–Crippen MR) is 73.7 cm³/mol. The van der Waals surface area contributed by atoms with E-state index in [-0.39, 0.29) is 0 Å². The highest BCUT2D eigenvalue weighted by molar-refractivity contribution is 5.14. The molecule has 0 spiro atoms.